The Labute approximate surface area is 145 Å². The summed E-state index contributed by atoms with van der Waals surface area (Å²) in [5.74, 6) is -2.68. The highest BCUT2D eigenvalue weighted by molar-refractivity contribution is 6.30. The second-order valence-corrected chi connectivity index (χ2v) is 6.19. The third kappa shape index (κ3) is 4.76. The van der Waals surface area contributed by atoms with E-state index in [0.717, 1.165) is 11.6 Å². The third-order valence-electron chi connectivity index (χ3n) is 3.57. The number of carbonyl (C=O) groups excluding carboxylic acids is 1. The first-order valence-corrected chi connectivity index (χ1v) is 7.88. The summed E-state index contributed by atoms with van der Waals surface area (Å²) in [7, 11) is 3.77. The Morgan fingerprint density at radius 3 is 2.33 bits per heavy atom. The molecule has 0 saturated carbocycles. The molecule has 3 nitrogen and oxygen atoms in total. The number of hydrogen-bond acceptors (Lipinski definition) is 2. The van der Waals surface area contributed by atoms with Gasteiger partial charge in [-0.25, -0.2) is 8.78 Å². The van der Waals surface area contributed by atoms with Gasteiger partial charge in [0.05, 0.1) is 5.56 Å². The predicted octanol–water partition coefficient (Wildman–Crippen LogP) is 3.82. The van der Waals surface area contributed by atoms with Gasteiger partial charge < -0.3 is 9.80 Å². The summed E-state index contributed by atoms with van der Waals surface area (Å²) < 4.78 is 27.4. The maximum absolute atomic E-state index is 14.0. The molecule has 0 unspecified atom stereocenters. The zero-order valence-corrected chi connectivity index (χ0v) is 14.4. The fourth-order valence-corrected chi connectivity index (χ4v) is 2.35. The van der Waals surface area contributed by atoms with Gasteiger partial charge in [-0.15, -0.1) is 0 Å². The Bertz CT molecular complexity index is 705. The number of hydrogen-bond donors (Lipinski definition) is 0. The van der Waals surface area contributed by atoms with E-state index in [9.17, 15) is 13.6 Å². The number of carbonyl (C=O) groups is 1. The van der Waals surface area contributed by atoms with Crippen LogP contribution >= 0.6 is 11.6 Å². The molecule has 0 aliphatic rings. The van der Waals surface area contributed by atoms with Crippen molar-refractivity contribution in [2.75, 3.05) is 27.2 Å². The van der Waals surface area contributed by atoms with Crippen LogP contribution < -0.4 is 0 Å². The molecule has 1 amide bonds. The van der Waals surface area contributed by atoms with Crippen LogP contribution in [0.15, 0.2) is 42.5 Å². The Morgan fingerprint density at radius 1 is 1.04 bits per heavy atom. The van der Waals surface area contributed by atoms with E-state index in [-0.39, 0.29) is 5.56 Å². The minimum Gasteiger partial charge on any atom is -0.333 e. The van der Waals surface area contributed by atoms with Gasteiger partial charge in [0.15, 0.2) is 11.6 Å². The molecule has 128 valence electrons. The van der Waals surface area contributed by atoms with Crippen molar-refractivity contribution < 1.29 is 13.6 Å². The summed E-state index contributed by atoms with van der Waals surface area (Å²) in [5.41, 5.74) is 0.603. The predicted molar refractivity (Wildman–Crippen MR) is 91.1 cm³/mol. The van der Waals surface area contributed by atoms with Crippen LogP contribution in [0, 0.1) is 11.6 Å². The standard InChI is InChI=1S/C18H19ClF2N2O/c1-22(2)10-11-23(12-13-6-8-14(19)9-7-13)18(24)15-4-3-5-16(20)17(15)21/h3-9H,10-12H2,1-2H3. The molecule has 0 fully saturated rings. The van der Waals surface area contributed by atoms with E-state index in [1.54, 1.807) is 24.3 Å². The number of benzene rings is 2. The zero-order valence-electron chi connectivity index (χ0n) is 13.6. The van der Waals surface area contributed by atoms with Gasteiger partial charge in [-0.3, -0.25) is 4.79 Å². The maximum Gasteiger partial charge on any atom is 0.257 e. The molecule has 2 aromatic carbocycles. The van der Waals surface area contributed by atoms with Crippen molar-refractivity contribution in [3.63, 3.8) is 0 Å². The minimum atomic E-state index is -1.12. The van der Waals surface area contributed by atoms with Gasteiger partial charge >= 0.3 is 0 Å². The smallest absolute Gasteiger partial charge is 0.257 e. The Balaban J connectivity index is 2.25. The van der Waals surface area contributed by atoms with E-state index in [4.69, 9.17) is 11.6 Å². The highest BCUT2D eigenvalue weighted by atomic mass is 35.5. The molecule has 0 saturated heterocycles. The van der Waals surface area contributed by atoms with Crippen LogP contribution in [-0.2, 0) is 6.54 Å². The molecule has 2 aromatic rings. The summed E-state index contributed by atoms with van der Waals surface area (Å²) in [6.07, 6.45) is 0. The third-order valence-corrected chi connectivity index (χ3v) is 3.83. The lowest BCUT2D eigenvalue weighted by Crippen LogP contribution is -2.36. The fourth-order valence-electron chi connectivity index (χ4n) is 2.22. The van der Waals surface area contributed by atoms with Crippen LogP contribution in [0.1, 0.15) is 15.9 Å². The molecule has 0 atom stereocenters. The monoisotopic (exact) mass is 352 g/mol. The fraction of sp³-hybridized carbons (Fsp3) is 0.278. The van der Waals surface area contributed by atoms with E-state index in [1.165, 1.54) is 17.0 Å². The van der Waals surface area contributed by atoms with Gasteiger partial charge in [0.2, 0.25) is 0 Å². The van der Waals surface area contributed by atoms with Crippen molar-refractivity contribution in [1.29, 1.82) is 0 Å². The largest absolute Gasteiger partial charge is 0.333 e. The number of likely N-dealkylation sites (N-methyl/N-ethyl adjacent to an activating group) is 1. The van der Waals surface area contributed by atoms with Crippen LogP contribution in [0.25, 0.3) is 0 Å². The van der Waals surface area contributed by atoms with Crippen molar-refractivity contribution in [2.45, 2.75) is 6.54 Å². The average Bonchev–Trinajstić information content (AvgIpc) is 2.55. The summed E-state index contributed by atoms with van der Waals surface area (Å²) in [6, 6.07) is 10.7. The summed E-state index contributed by atoms with van der Waals surface area (Å²) in [5, 5.41) is 0.598. The number of halogens is 3. The molecule has 0 spiro atoms. The van der Waals surface area contributed by atoms with Crippen LogP contribution in [0.2, 0.25) is 5.02 Å². The van der Waals surface area contributed by atoms with Crippen molar-refractivity contribution >= 4 is 17.5 Å². The highest BCUT2D eigenvalue weighted by Crippen LogP contribution is 2.17. The zero-order chi connectivity index (χ0) is 17.7. The molecule has 0 aromatic heterocycles. The molecule has 0 aliphatic carbocycles. The normalized spacial score (nSPS) is 10.9. The molecular weight excluding hydrogens is 334 g/mol. The van der Waals surface area contributed by atoms with Crippen molar-refractivity contribution in [1.82, 2.24) is 9.80 Å². The first kappa shape index (κ1) is 18.4. The van der Waals surface area contributed by atoms with Crippen LogP contribution in [0.4, 0.5) is 8.78 Å². The SMILES string of the molecule is CN(C)CCN(Cc1ccc(Cl)cc1)C(=O)c1cccc(F)c1F. The summed E-state index contributed by atoms with van der Waals surface area (Å²) in [4.78, 5) is 16.1. The van der Waals surface area contributed by atoms with E-state index in [1.807, 2.05) is 19.0 Å². The number of rotatable bonds is 6. The van der Waals surface area contributed by atoms with Gasteiger partial charge in [-0.2, -0.15) is 0 Å². The van der Waals surface area contributed by atoms with Gasteiger partial charge in [0.25, 0.3) is 5.91 Å². The first-order valence-electron chi connectivity index (χ1n) is 7.51. The molecule has 2 rings (SSSR count). The second-order valence-electron chi connectivity index (χ2n) is 5.76. The Kier molecular flexibility index (Phi) is 6.29. The minimum absolute atomic E-state index is 0.261. The van der Waals surface area contributed by atoms with Crippen molar-refractivity contribution in [3.8, 4) is 0 Å². The molecule has 24 heavy (non-hydrogen) atoms. The van der Waals surface area contributed by atoms with Gasteiger partial charge in [-0.05, 0) is 43.9 Å². The molecule has 0 N–H and O–H groups in total. The lowest BCUT2D eigenvalue weighted by molar-refractivity contribution is 0.0726. The van der Waals surface area contributed by atoms with E-state index in [0.29, 0.717) is 24.7 Å². The van der Waals surface area contributed by atoms with Gasteiger partial charge in [0.1, 0.15) is 0 Å². The Morgan fingerprint density at radius 2 is 1.71 bits per heavy atom. The molecular formula is C18H19ClF2N2O. The van der Waals surface area contributed by atoms with Crippen LogP contribution in [-0.4, -0.2) is 42.9 Å². The molecule has 0 heterocycles. The van der Waals surface area contributed by atoms with E-state index < -0.39 is 17.5 Å². The number of amides is 1. The van der Waals surface area contributed by atoms with E-state index in [2.05, 4.69) is 0 Å². The highest BCUT2D eigenvalue weighted by Gasteiger charge is 2.21. The van der Waals surface area contributed by atoms with Crippen molar-refractivity contribution in [3.05, 3.63) is 70.2 Å². The quantitative estimate of drug-likeness (QED) is 0.789. The second kappa shape index (κ2) is 8.22. The molecule has 0 radical (unpaired) electrons. The topological polar surface area (TPSA) is 23.6 Å². The van der Waals surface area contributed by atoms with Crippen molar-refractivity contribution in [2.24, 2.45) is 0 Å². The van der Waals surface area contributed by atoms with E-state index >= 15 is 0 Å². The lowest BCUT2D eigenvalue weighted by Gasteiger charge is -2.25. The van der Waals surface area contributed by atoms with Gasteiger partial charge in [0, 0.05) is 24.7 Å². The average molecular weight is 353 g/mol. The maximum atomic E-state index is 14.0. The molecule has 0 aliphatic heterocycles. The molecule has 6 heteroatoms. The number of nitrogens with zero attached hydrogens (tertiary/aromatic N) is 2. The summed E-state index contributed by atoms with van der Waals surface area (Å²) >= 11 is 5.87. The van der Waals surface area contributed by atoms with Gasteiger partial charge in [-0.1, -0.05) is 29.8 Å². The Hall–Kier alpha value is -1.98. The van der Waals surface area contributed by atoms with Crippen LogP contribution in [0.5, 0.6) is 0 Å². The lowest BCUT2D eigenvalue weighted by atomic mass is 10.1. The molecule has 0 bridgehead atoms. The first-order chi connectivity index (χ1) is 11.4. The van der Waals surface area contributed by atoms with Crippen LogP contribution in [0.3, 0.4) is 0 Å². The summed E-state index contributed by atoms with van der Waals surface area (Å²) in [6.45, 7) is 1.29.